The summed E-state index contributed by atoms with van der Waals surface area (Å²) in [6.07, 6.45) is 0. The van der Waals surface area contributed by atoms with Crippen molar-refractivity contribution in [3.05, 3.63) is 47.4 Å². The average molecular weight is 235 g/mol. The Labute approximate surface area is 99.1 Å². The van der Waals surface area contributed by atoms with Crippen LogP contribution in [-0.2, 0) is 13.1 Å². The molecule has 0 bridgehead atoms. The van der Waals surface area contributed by atoms with E-state index in [0.717, 1.165) is 0 Å². The Kier molecular flexibility index (Phi) is 3.49. The van der Waals surface area contributed by atoms with Gasteiger partial charge in [0.05, 0.1) is 6.54 Å². The van der Waals surface area contributed by atoms with Gasteiger partial charge in [-0.1, -0.05) is 23.4 Å². The van der Waals surface area contributed by atoms with Gasteiger partial charge < -0.3 is 4.52 Å². The maximum Gasteiger partial charge on any atom is 0.223 e. The lowest BCUT2D eigenvalue weighted by molar-refractivity contribution is 0.296. The summed E-state index contributed by atoms with van der Waals surface area (Å²) in [5, 5.41) is 3.80. The van der Waals surface area contributed by atoms with Crippen LogP contribution in [0.2, 0.25) is 0 Å². The van der Waals surface area contributed by atoms with Gasteiger partial charge in [0, 0.05) is 19.0 Å². The highest BCUT2D eigenvalue weighted by molar-refractivity contribution is 5.17. The second-order valence-corrected chi connectivity index (χ2v) is 3.99. The van der Waals surface area contributed by atoms with Crippen LogP contribution >= 0.6 is 0 Å². The highest BCUT2D eigenvalue weighted by Gasteiger charge is 2.09. The molecule has 1 aromatic heterocycles. The Morgan fingerprint density at radius 1 is 1.29 bits per heavy atom. The topological polar surface area (TPSA) is 42.2 Å². The van der Waals surface area contributed by atoms with E-state index < -0.39 is 0 Å². The van der Waals surface area contributed by atoms with Gasteiger partial charge in [0.15, 0.2) is 5.82 Å². The van der Waals surface area contributed by atoms with Gasteiger partial charge in [0.1, 0.15) is 5.82 Å². The summed E-state index contributed by atoms with van der Waals surface area (Å²) in [4.78, 5) is 6.03. The Hall–Kier alpha value is -1.75. The van der Waals surface area contributed by atoms with E-state index in [2.05, 4.69) is 10.1 Å². The minimum Gasteiger partial charge on any atom is -0.340 e. The molecule has 0 aliphatic rings. The van der Waals surface area contributed by atoms with Crippen molar-refractivity contribution in [2.24, 2.45) is 0 Å². The lowest BCUT2D eigenvalue weighted by atomic mass is 10.2. The maximum atomic E-state index is 13.4. The molecule has 0 spiro atoms. The molecule has 0 saturated carbocycles. The van der Waals surface area contributed by atoms with Crippen LogP contribution in [0.1, 0.15) is 17.3 Å². The molecule has 0 atom stereocenters. The summed E-state index contributed by atoms with van der Waals surface area (Å²) in [5.74, 6) is 0.962. The molecule has 0 unspecified atom stereocenters. The van der Waals surface area contributed by atoms with Crippen molar-refractivity contribution in [3.63, 3.8) is 0 Å². The summed E-state index contributed by atoms with van der Waals surface area (Å²) in [6, 6.07) is 6.74. The molecule has 2 aromatic rings. The van der Waals surface area contributed by atoms with Crippen LogP contribution in [0.25, 0.3) is 0 Å². The Balaban J connectivity index is 1.98. The molecular weight excluding hydrogens is 221 g/mol. The molecule has 0 saturated heterocycles. The highest BCUT2D eigenvalue weighted by atomic mass is 19.1. The molecule has 0 amide bonds. The molecule has 0 fully saturated rings. The minimum atomic E-state index is -0.191. The summed E-state index contributed by atoms with van der Waals surface area (Å²) < 4.78 is 18.3. The van der Waals surface area contributed by atoms with Gasteiger partial charge >= 0.3 is 0 Å². The predicted molar refractivity (Wildman–Crippen MR) is 60.6 cm³/mol. The molecule has 0 radical (unpaired) electrons. The number of hydrogen-bond donors (Lipinski definition) is 0. The van der Waals surface area contributed by atoms with Gasteiger partial charge in [-0.15, -0.1) is 0 Å². The number of halogens is 1. The van der Waals surface area contributed by atoms with Crippen LogP contribution in [-0.4, -0.2) is 22.1 Å². The normalized spacial score (nSPS) is 11.1. The Morgan fingerprint density at radius 3 is 2.71 bits per heavy atom. The second kappa shape index (κ2) is 5.05. The lowest BCUT2D eigenvalue weighted by Gasteiger charge is -2.14. The van der Waals surface area contributed by atoms with Crippen molar-refractivity contribution in [1.29, 1.82) is 0 Å². The third kappa shape index (κ3) is 3.10. The zero-order valence-electron chi connectivity index (χ0n) is 9.85. The summed E-state index contributed by atoms with van der Waals surface area (Å²) in [7, 11) is 1.89. The number of hydrogen-bond acceptors (Lipinski definition) is 4. The van der Waals surface area contributed by atoms with Crippen molar-refractivity contribution in [2.75, 3.05) is 7.05 Å². The van der Waals surface area contributed by atoms with E-state index in [-0.39, 0.29) is 5.82 Å². The van der Waals surface area contributed by atoms with Crippen molar-refractivity contribution < 1.29 is 8.91 Å². The maximum absolute atomic E-state index is 13.4. The fraction of sp³-hybridized carbons (Fsp3) is 0.333. The van der Waals surface area contributed by atoms with E-state index >= 15 is 0 Å². The van der Waals surface area contributed by atoms with E-state index in [1.54, 1.807) is 19.1 Å². The molecular formula is C12H14FN3O. The number of aromatic nitrogens is 2. The summed E-state index contributed by atoms with van der Waals surface area (Å²) in [6.45, 7) is 2.79. The van der Waals surface area contributed by atoms with Crippen LogP contribution in [0.4, 0.5) is 4.39 Å². The van der Waals surface area contributed by atoms with Crippen molar-refractivity contribution in [1.82, 2.24) is 15.0 Å². The molecule has 0 aliphatic carbocycles. The van der Waals surface area contributed by atoms with Crippen molar-refractivity contribution in [2.45, 2.75) is 20.0 Å². The van der Waals surface area contributed by atoms with Crippen molar-refractivity contribution in [3.8, 4) is 0 Å². The zero-order chi connectivity index (χ0) is 12.3. The molecule has 17 heavy (non-hydrogen) atoms. The van der Waals surface area contributed by atoms with Crippen LogP contribution in [0.3, 0.4) is 0 Å². The minimum absolute atomic E-state index is 0.191. The largest absolute Gasteiger partial charge is 0.340 e. The van der Waals surface area contributed by atoms with Gasteiger partial charge in [-0.05, 0) is 13.1 Å². The van der Waals surface area contributed by atoms with Gasteiger partial charge in [-0.2, -0.15) is 4.98 Å². The first-order valence-corrected chi connectivity index (χ1v) is 5.36. The van der Waals surface area contributed by atoms with Crippen LogP contribution in [0.15, 0.2) is 28.8 Å². The van der Waals surface area contributed by atoms with Gasteiger partial charge in [-0.25, -0.2) is 4.39 Å². The first-order chi connectivity index (χ1) is 8.15. The fourth-order valence-electron chi connectivity index (χ4n) is 1.62. The van der Waals surface area contributed by atoms with Gasteiger partial charge in [0.25, 0.3) is 0 Å². The number of nitrogens with zero attached hydrogens (tertiary/aromatic N) is 3. The standard InChI is InChI=1S/C12H14FN3O/c1-9-14-12(15-17-9)8-16(2)7-10-5-3-4-6-11(10)13/h3-6H,7-8H2,1-2H3. The molecule has 5 heteroatoms. The monoisotopic (exact) mass is 235 g/mol. The fourth-order valence-corrected chi connectivity index (χ4v) is 1.62. The molecule has 0 aliphatic heterocycles. The summed E-state index contributed by atoms with van der Waals surface area (Å²) in [5.41, 5.74) is 0.662. The molecule has 1 heterocycles. The lowest BCUT2D eigenvalue weighted by Crippen LogP contribution is -2.18. The van der Waals surface area contributed by atoms with Crippen molar-refractivity contribution >= 4 is 0 Å². The first kappa shape index (κ1) is 11.7. The zero-order valence-corrected chi connectivity index (χ0v) is 9.85. The van der Waals surface area contributed by atoms with E-state index in [1.165, 1.54) is 6.07 Å². The quantitative estimate of drug-likeness (QED) is 0.814. The van der Waals surface area contributed by atoms with Crippen LogP contribution in [0, 0.1) is 12.7 Å². The summed E-state index contributed by atoms with van der Waals surface area (Å²) >= 11 is 0. The van der Waals surface area contributed by atoms with E-state index in [1.807, 2.05) is 18.0 Å². The number of benzene rings is 1. The second-order valence-electron chi connectivity index (χ2n) is 3.99. The number of rotatable bonds is 4. The molecule has 2 rings (SSSR count). The van der Waals surface area contributed by atoms with E-state index in [4.69, 9.17) is 4.52 Å². The van der Waals surface area contributed by atoms with Crippen LogP contribution in [0.5, 0.6) is 0 Å². The Bertz CT molecular complexity index is 498. The average Bonchev–Trinajstić information content (AvgIpc) is 2.67. The smallest absolute Gasteiger partial charge is 0.223 e. The molecule has 90 valence electrons. The SMILES string of the molecule is Cc1nc(CN(C)Cc2ccccc2F)no1. The van der Waals surface area contributed by atoms with E-state index in [0.29, 0.717) is 30.4 Å². The Morgan fingerprint density at radius 2 is 2.06 bits per heavy atom. The van der Waals surface area contributed by atoms with Gasteiger partial charge in [0.2, 0.25) is 5.89 Å². The van der Waals surface area contributed by atoms with Gasteiger partial charge in [-0.3, -0.25) is 4.90 Å². The highest BCUT2D eigenvalue weighted by Crippen LogP contribution is 2.10. The van der Waals surface area contributed by atoms with E-state index in [9.17, 15) is 4.39 Å². The third-order valence-corrected chi connectivity index (χ3v) is 2.38. The molecule has 0 N–H and O–H groups in total. The molecule has 4 nitrogen and oxygen atoms in total. The predicted octanol–water partition coefficient (Wildman–Crippen LogP) is 2.15. The molecule has 1 aromatic carbocycles. The third-order valence-electron chi connectivity index (χ3n) is 2.38. The number of aryl methyl sites for hydroxylation is 1. The van der Waals surface area contributed by atoms with Crippen LogP contribution < -0.4 is 0 Å². The first-order valence-electron chi connectivity index (χ1n) is 5.36.